The number of rotatable bonds is 6. The van der Waals surface area contributed by atoms with Crippen molar-refractivity contribution in [2.75, 3.05) is 0 Å². The van der Waals surface area contributed by atoms with Crippen LogP contribution in [0.4, 0.5) is 0 Å². The molecule has 2 atom stereocenters. The number of hydrogen-bond acceptors (Lipinski definition) is 5. The molecular formula is C14H21NO5. The van der Waals surface area contributed by atoms with Crippen LogP contribution < -0.4 is 5.73 Å². The maximum Gasteiger partial charge on any atom is 0.323 e. The summed E-state index contributed by atoms with van der Waals surface area (Å²) in [4.78, 5) is 11.0. The van der Waals surface area contributed by atoms with Crippen molar-refractivity contribution in [3.05, 3.63) is 17.7 Å². The molecule has 112 valence electrons. The van der Waals surface area contributed by atoms with E-state index in [1.807, 2.05) is 6.92 Å². The summed E-state index contributed by atoms with van der Waals surface area (Å²) < 4.78 is 0. The molecule has 0 fully saturated rings. The lowest BCUT2D eigenvalue weighted by atomic mass is 9.84. The smallest absolute Gasteiger partial charge is 0.323 e. The van der Waals surface area contributed by atoms with Crippen molar-refractivity contribution in [2.45, 2.75) is 38.6 Å². The number of benzene rings is 1. The molecule has 0 aliphatic carbocycles. The van der Waals surface area contributed by atoms with Crippen LogP contribution in [-0.2, 0) is 11.2 Å². The molecule has 2 unspecified atom stereocenters. The van der Waals surface area contributed by atoms with Gasteiger partial charge in [-0.2, -0.15) is 0 Å². The summed E-state index contributed by atoms with van der Waals surface area (Å²) in [6, 6.07) is 2.40. The first kappa shape index (κ1) is 16.1. The van der Waals surface area contributed by atoms with Crippen LogP contribution in [-0.4, -0.2) is 31.9 Å². The highest BCUT2D eigenvalue weighted by Crippen LogP contribution is 2.36. The summed E-state index contributed by atoms with van der Waals surface area (Å²) in [6.45, 7) is 3.33. The van der Waals surface area contributed by atoms with Crippen molar-refractivity contribution in [2.24, 2.45) is 11.7 Å². The first-order valence-corrected chi connectivity index (χ1v) is 6.43. The molecule has 0 saturated carbocycles. The maximum atomic E-state index is 11.0. The lowest BCUT2D eigenvalue weighted by molar-refractivity contribution is -0.143. The topological polar surface area (TPSA) is 124 Å². The minimum Gasteiger partial charge on any atom is -0.508 e. The largest absolute Gasteiger partial charge is 0.508 e. The molecule has 0 amide bonds. The third kappa shape index (κ3) is 3.77. The van der Waals surface area contributed by atoms with Gasteiger partial charge in [-0.25, -0.2) is 0 Å². The maximum absolute atomic E-state index is 11.0. The molecule has 0 heterocycles. The van der Waals surface area contributed by atoms with E-state index >= 15 is 0 Å². The summed E-state index contributed by atoms with van der Waals surface area (Å²) in [7, 11) is 0. The minimum atomic E-state index is -1.35. The van der Waals surface area contributed by atoms with Crippen LogP contribution in [0.25, 0.3) is 0 Å². The Kier molecular flexibility index (Phi) is 4.83. The third-order valence-electron chi connectivity index (χ3n) is 3.44. The van der Waals surface area contributed by atoms with Crippen LogP contribution in [0.3, 0.4) is 0 Å². The molecule has 0 aliphatic heterocycles. The van der Waals surface area contributed by atoms with Crippen LogP contribution in [0.1, 0.15) is 32.3 Å². The van der Waals surface area contributed by atoms with Crippen molar-refractivity contribution >= 4 is 5.97 Å². The van der Waals surface area contributed by atoms with Crippen LogP contribution >= 0.6 is 0 Å². The second-order valence-electron chi connectivity index (χ2n) is 5.38. The summed E-state index contributed by atoms with van der Waals surface area (Å²) in [5.74, 6) is -2.02. The molecule has 6 nitrogen and oxygen atoms in total. The van der Waals surface area contributed by atoms with Crippen LogP contribution in [0, 0.1) is 5.92 Å². The van der Waals surface area contributed by atoms with Gasteiger partial charge < -0.3 is 26.2 Å². The van der Waals surface area contributed by atoms with Crippen molar-refractivity contribution in [3.8, 4) is 17.2 Å². The number of aromatic hydroxyl groups is 3. The van der Waals surface area contributed by atoms with Gasteiger partial charge in [0, 0.05) is 11.6 Å². The third-order valence-corrected chi connectivity index (χ3v) is 3.44. The average Bonchev–Trinajstić information content (AvgIpc) is 2.33. The number of phenols is 3. The van der Waals surface area contributed by atoms with Crippen LogP contribution in [0.2, 0.25) is 0 Å². The molecule has 1 rings (SSSR count). The Bertz CT molecular complexity index is 499. The Morgan fingerprint density at radius 1 is 1.35 bits per heavy atom. The summed E-state index contributed by atoms with van der Waals surface area (Å²) >= 11 is 0. The van der Waals surface area contributed by atoms with Gasteiger partial charge in [-0.1, -0.05) is 13.3 Å². The zero-order chi connectivity index (χ0) is 15.5. The Labute approximate surface area is 117 Å². The normalized spacial score (nSPS) is 15.6. The van der Waals surface area contributed by atoms with E-state index in [2.05, 4.69) is 0 Å². The summed E-state index contributed by atoms with van der Waals surface area (Å²) in [6.07, 6.45) is 1.22. The van der Waals surface area contributed by atoms with E-state index < -0.39 is 17.3 Å². The average molecular weight is 283 g/mol. The molecule has 1 aromatic rings. The van der Waals surface area contributed by atoms with E-state index in [0.29, 0.717) is 18.4 Å². The number of hydrogen-bond donors (Lipinski definition) is 5. The fourth-order valence-electron chi connectivity index (χ4n) is 2.18. The molecule has 0 radical (unpaired) electrons. The molecule has 0 aromatic heterocycles. The highest BCUT2D eigenvalue weighted by molar-refractivity contribution is 5.77. The number of phenolic OH excluding ortho intramolecular Hbond substituents is 3. The molecule has 0 saturated heterocycles. The molecule has 0 aliphatic rings. The van der Waals surface area contributed by atoms with Gasteiger partial charge in [-0.3, -0.25) is 4.79 Å². The van der Waals surface area contributed by atoms with Gasteiger partial charge in [-0.05, 0) is 31.7 Å². The number of aliphatic carboxylic acids is 1. The predicted molar refractivity (Wildman–Crippen MR) is 73.8 cm³/mol. The molecule has 1 aromatic carbocycles. The van der Waals surface area contributed by atoms with Gasteiger partial charge in [0.2, 0.25) is 0 Å². The van der Waals surface area contributed by atoms with Crippen molar-refractivity contribution in [1.82, 2.24) is 0 Å². The van der Waals surface area contributed by atoms with E-state index in [9.17, 15) is 20.1 Å². The Hall–Kier alpha value is -1.95. The van der Waals surface area contributed by atoms with Crippen LogP contribution in [0.15, 0.2) is 12.1 Å². The van der Waals surface area contributed by atoms with Gasteiger partial charge >= 0.3 is 5.97 Å². The number of carbonyl (C=O) groups is 1. The van der Waals surface area contributed by atoms with Crippen LogP contribution in [0.5, 0.6) is 17.2 Å². The van der Waals surface area contributed by atoms with Gasteiger partial charge in [0.15, 0.2) is 11.5 Å². The molecule has 0 bridgehead atoms. The second kappa shape index (κ2) is 6.00. The van der Waals surface area contributed by atoms with E-state index in [1.165, 1.54) is 13.0 Å². The molecule has 6 heteroatoms. The van der Waals surface area contributed by atoms with Gasteiger partial charge in [-0.15, -0.1) is 0 Å². The SMILES string of the molecule is CCC(Cc1cc(O)cc(O)c1O)CC(C)(N)C(=O)O. The highest BCUT2D eigenvalue weighted by atomic mass is 16.4. The first-order chi connectivity index (χ1) is 9.17. The number of carboxylic acid groups (broad SMARTS) is 1. The summed E-state index contributed by atoms with van der Waals surface area (Å²) in [5, 5.41) is 37.7. The lowest BCUT2D eigenvalue weighted by Crippen LogP contribution is -2.46. The highest BCUT2D eigenvalue weighted by Gasteiger charge is 2.31. The molecule has 0 spiro atoms. The number of carboxylic acids is 1. The first-order valence-electron chi connectivity index (χ1n) is 6.43. The molecular weight excluding hydrogens is 262 g/mol. The van der Waals surface area contributed by atoms with E-state index in [4.69, 9.17) is 10.8 Å². The van der Waals surface area contributed by atoms with Crippen molar-refractivity contribution in [3.63, 3.8) is 0 Å². The minimum absolute atomic E-state index is 0.0896. The Balaban J connectivity index is 2.92. The Morgan fingerprint density at radius 3 is 2.45 bits per heavy atom. The fraction of sp³-hybridized carbons (Fsp3) is 0.500. The Morgan fingerprint density at radius 2 is 1.95 bits per heavy atom. The van der Waals surface area contributed by atoms with Crippen molar-refractivity contribution < 1.29 is 25.2 Å². The fourth-order valence-corrected chi connectivity index (χ4v) is 2.18. The van der Waals surface area contributed by atoms with E-state index in [1.54, 1.807) is 0 Å². The quantitative estimate of drug-likeness (QED) is 0.398. The van der Waals surface area contributed by atoms with E-state index in [0.717, 1.165) is 6.07 Å². The molecule has 20 heavy (non-hydrogen) atoms. The summed E-state index contributed by atoms with van der Waals surface area (Å²) in [5.41, 5.74) is 4.75. The van der Waals surface area contributed by atoms with Crippen molar-refractivity contribution in [1.29, 1.82) is 0 Å². The standard InChI is InChI=1S/C14H21NO5/c1-3-8(7-14(2,15)13(19)20)4-9-5-10(16)6-11(17)12(9)18/h5-6,8,16-18H,3-4,7,15H2,1-2H3,(H,19,20). The van der Waals surface area contributed by atoms with Gasteiger partial charge in [0.1, 0.15) is 11.3 Å². The monoisotopic (exact) mass is 283 g/mol. The molecule has 6 N–H and O–H groups in total. The number of nitrogens with two attached hydrogens (primary N) is 1. The zero-order valence-corrected chi connectivity index (χ0v) is 11.6. The lowest BCUT2D eigenvalue weighted by Gasteiger charge is -2.25. The van der Waals surface area contributed by atoms with Gasteiger partial charge in [0.05, 0.1) is 0 Å². The van der Waals surface area contributed by atoms with Gasteiger partial charge in [0.25, 0.3) is 0 Å². The zero-order valence-electron chi connectivity index (χ0n) is 11.6. The predicted octanol–water partition coefficient (Wildman–Crippen LogP) is 1.56. The van der Waals surface area contributed by atoms with E-state index in [-0.39, 0.29) is 23.8 Å². The second-order valence-corrected chi connectivity index (χ2v) is 5.38.